The number of ether oxygens (including phenoxy) is 2. The summed E-state index contributed by atoms with van der Waals surface area (Å²) in [7, 11) is 3.18. The third-order valence-corrected chi connectivity index (χ3v) is 3.35. The van der Waals surface area contributed by atoms with Crippen LogP contribution in [-0.2, 0) is 0 Å². The number of nitrogens with two attached hydrogens (primary N) is 1. The third kappa shape index (κ3) is 2.61. The molecule has 100 valence electrons. The number of hydrogen-bond donors (Lipinski definition) is 3. The van der Waals surface area contributed by atoms with E-state index in [0.717, 1.165) is 25.1 Å². The summed E-state index contributed by atoms with van der Waals surface area (Å²) in [5.41, 5.74) is 7.42. The molecule has 0 aliphatic heterocycles. The molecule has 0 heterocycles. The van der Waals surface area contributed by atoms with Crippen LogP contribution in [0.1, 0.15) is 12.8 Å². The first-order valence-electron chi connectivity index (χ1n) is 6.07. The number of rotatable bonds is 5. The van der Waals surface area contributed by atoms with E-state index in [1.54, 1.807) is 20.3 Å². The van der Waals surface area contributed by atoms with Crippen LogP contribution in [0.25, 0.3) is 0 Å². The number of nitrogen functional groups attached to an aromatic ring is 1. The summed E-state index contributed by atoms with van der Waals surface area (Å²) >= 11 is 0. The van der Waals surface area contributed by atoms with Crippen LogP contribution >= 0.6 is 0 Å². The minimum Gasteiger partial charge on any atom is -0.493 e. The Morgan fingerprint density at radius 1 is 1.28 bits per heavy atom. The van der Waals surface area contributed by atoms with Crippen LogP contribution < -0.4 is 20.5 Å². The number of aliphatic hydroxyl groups is 1. The Balaban J connectivity index is 2.03. The molecule has 1 aliphatic rings. The van der Waals surface area contributed by atoms with Crippen LogP contribution in [-0.4, -0.2) is 32.0 Å². The quantitative estimate of drug-likeness (QED) is 0.692. The summed E-state index contributed by atoms with van der Waals surface area (Å²) < 4.78 is 10.4. The molecule has 0 unspecified atom stereocenters. The molecule has 1 aromatic carbocycles. The van der Waals surface area contributed by atoms with Gasteiger partial charge in [-0.05, 0) is 18.8 Å². The molecule has 1 fully saturated rings. The molecule has 1 aliphatic carbocycles. The van der Waals surface area contributed by atoms with E-state index in [1.807, 2.05) is 6.07 Å². The van der Waals surface area contributed by atoms with Gasteiger partial charge in [0, 0.05) is 18.7 Å². The molecule has 4 N–H and O–H groups in total. The van der Waals surface area contributed by atoms with Gasteiger partial charge in [-0.2, -0.15) is 0 Å². The van der Waals surface area contributed by atoms with Gasteiger partial charge in [0.25, 0.3) is 0 Å². The second kappa shape index (κ2) is 5.35. The average Bonchev–Trinajstić information content (AvgIpc) is 2.34. The molecule has 0 bridgehead atoms. The molecule has 0 saturated heterocycles. The lowest BCUT2D eigenvalue weighted by atomic mass is 9.82. The Kier molecular flexibility index (Phi) is 3.81. The molecule has 0 radical (unpaired) electrons. The molecule has 0 aromatic heterocycles. The van der Waals surface area contributed by atoms with Gasteiger partial charge in [-0.25, -0.2) is 0 Å². The SMILES string of the molecule is COc1cc(N)c(NCC2CC(O)C2)cc1OC. The smallest absolute Gasteiger partial charge is 0.162 e. The summed E-state index contributed by atoms with van der Waals surface area (Å²) in [6, 6.07) is 3.58. The van der Waals surface area contributed by atoms with Crippen molar-refractivity contribution >= 4 is 11.4 Å². The summed E-state index contributed by atoms with van der Waals surface area (Å²) in [4.78, 5) is 0. The average molecular weight is 252 g/mol. The Labute approximate surface area is 107 Å². The van der Waals surface area contributed by atoms with Gasteiger partial charge in [-0.15, -0.1) is 0 Å². The first-order chi connectivity index (χ1) is 8.63. The fourth-order valence-electron chi connectivity index (χ4n) is 2.17. The highest BCUT2D eigenvalue weighted by Crippen LogP contribution is 2.35. The number of benzene rings is 1. The minimum absolute atomic E-state index is 0.125. The first kappa shape index (κ1) is 12.8. The van der Waals surface area contributed by atoms with E-state index >= 15 is 0 Å². The van der Waals surface area contributed by atoms with Gasteiger partial charge in [-0.1, -0.05) is 0 Å². The maximum atomic E-state index is 9.23. The van der Waals surface area contributed by atoms with E-state index in [4.69, 9.17) is 15.2 Å². The maximum absolute atomic E-state index is 9.23. The highest BCUT2D eigenvalue weighted by molar-refractivity contribution is 5.72. The Morgan fingerprint density at radius 2 is 1.89 bits per heavy atom. The monoisotopic (exact) mass is 252 g/mol. The van der Waals surface area contributed by atoms with E-state index in [2.05, 4.69) is 5.32 Å². The van der Waals surface area contributed by atoms with Crippen molar-refractivity contribution in [1.82, 2.24) is 0 Å². The van der Waals surface area contributed by atoms with Gasteiger partial charge < -0.3 is 25.6 Å². The van der Waals surface area contributed by atoms with Crippen LogP contribution in [0, 0.1) is 5.92 Å². The normalized spacial score (nSPS) is 22.2. The number of nitrogens with one attached hydrogen (secondary N) is 1. The lowest BCUT2D eigenvalue weighted by Gasteiger charge is -2.31. The van der Waals surface area contributed by atoms with Crippen molar-refractivity contribution in [3.05, 3.63) is 12.1 Å². The molecule has 18 heavy (non-hydrogen) atoms. The van der Waals surface area contributed by atoms with Gasteiger partial charge in [-0.3, -0.25) is 0 Å². The van der Waals surface area contributed by atoms with Crippen LogP contribution in [0.5, 0.6) is 11.5 Å². The predicted octanol–water partition coefficient (Wildman–Crippen LogP) is 1.47. The summed E-state index contributed by atoms with van der Waals surface area (Å²) in [5.74, 6) is 1.80. The minimum atomic E-state index is -0.125. The van der Waals surface area contributed by atoms with Crippen molar-refractivity contribution in [2.45, 2.75) is 18.9 Å². The number of anilines is 2. The molecule has 0 atom stereocenters. The summed E-state index contributed by atoms with van der Waals surface area (Å²) in [6.07, 6.45) is 1.60. The van der Waals surface area contributed by atoms with Crippen molar-refractivity contribution in [3.63, 3.8) is 0 Å². The van der Waals surface area contributed by atoms with Crippen molar-refractivity contribution in [2.75, 3.05) is 31.8 Å². The molecular weight excluding hydrogens is 232 g/mol. The van der Waals surface area contributed by atoms with E-state index in [9.17, 15) is 5.11 Å². The zero-order chi connectivity index (χ0) is 13.1. The van der Waals surface area contributed by atoms with Gasteiger partial charge in [0.2, 0.25) is 0 Å². The number of aliphatic hydroxyl groups excluding tert-OH is 1. The van der Waals surface area contributed by atoms with Crippen LogP contribution in [0.2, 0.25) is 0 Å². The van der Waals surface area contributed by atoms with Crippen molar-refractivity contribution in [2.24, 2.45) is 5.92 Å². The second-order valence-corrected chi connectivity index (χ2v) is 4.67. The van der Waals surface area contributed by atoms with Gasteiger partial charge in [0.1, 0.15) is 0 Å². The maximum Gasteiger partial charge on any atom is 0.162 e. The van der Waals surface area contributed by atoms with E-state index < -0.39 is 0 Å². The van der Waals surface area contributed by atoms with E-state index in [0.29, 0.717) is 23.1 Å². The summed E-state index contributed by atoms with van der Waals surface area (Å²) in [6.45, 7) is 0.816. The van der Waals surface area contributed by atoms with Crippen LogP contribution in [0.15, 0.2) is 12.1 Å². The molecule has 5 nitrogen and oxygen atoms in total. The van der Waals surface area contributed by atoms with Crippen molar-refractivity contribution in [3.8, 4) is 11.5 Å². The molecule has 1 saturated carbocycles. The molecule has 1 aromatic rings. The van der Waals surface area contributed by atoms with Gasteiger partial charge in [0.05, 0.1) is 31.7 Å². The third-order valence-electron chi connectivity index (χ3n) is 3.35. The largest absolute Gasteiger partial charge is 0.493 e. The topological polar surface area (TPSA) is 76.7 Å². The lowest BCUT2D eigenvalue weighted by molar-refractivity contribution is 0.0487. The molecule has 2 rings (SSSR count). The zero-order valence-electron chi connectivity index (χ0n) is 10.8. The fourth-order valence-corrected chi connectivity index (χ4v) is 2.17. The second-order valence-electron chi connectivity index (χ2n) is 4.67. The zero-order valence-corrected chi connectivity index (χ0v) is 10.8. The molecule has 0 spiro atoms. The highest BCUT2D eigenvalue weighted by Gasteiger charge is 2.26. The molecule has 0 amide bonds. The number of hydrogen-bond acceptors (Lipinski definition) is 5. The molecule has 5 heteroatoms. The van der Waals surface area contributed by atoms with E-state index in [1.165, 1.54) is 0 Å². The lowest BCUT2D eigenvalue weighted by Crippen LogP contribution is -2.33. The van der Waals surface area contributed by atoms with Crippen LogP contribution in [0.4, 0.5) is 11.4 Å². The van der Waals surface area contributed by atoms with Gasteiger partial charge >= 0.3 is 0 Å². The van der Waals surface area contributed by atoms with Gasteiger partial charge in [0.15, 0.2) is 11.5 Å². The standard InChI is InChI=1S/C13H20N2O3/c1-17-12-5-10(14)11(6-13(12)18-2)15-7-8-3-9(16)4-8/h5-6,8-9,15-16H,3-4,7,14H2,1-2H3. The van der Waals surface area contributed by atoms with Crippen molar-refractivity contribution < 1.29 is 14.6 Å². The first-order valence-corrected chi connectivity index (χ1v) is 6.07. The van der Waals surface area contributed by atoms with E-state index in [-0.39, 0.29) is 6.10 Å². The fraction of sp³-hybridized carbons (Fsp3) is 0.538. The highest BCUT2D eigenvalue weighted by atomic mass is 16.5. The molecular formula is C13H20N2O3. The van der Waals surface area contributed by atoms with Crippen LogP contribution in [0.3, 0.4) is 0 Å². The predicted molar refractivity (Wildman–Crippen MR) is 71.2 cm³/mol. The Morgan fingerprint density at radius 3 is 2.44 bits per heavy atom. The summed E-state index contributed by atoms with van der Waals surface area (Å²) in [5, 5.41) is 12.5. The number of methoxy groups -OCH3 is 2. The Bertz CT molecular complexity index is 417. The van der Waals surface area contributed by atoms with Crippen molar-refractivity contribution in [1.29, 1.82) is 0 Å². The Hall–Kier alpha value is -1.62.